The molecular formula is C9H17ClN2S. The van der Waals surface area contributed by atoms with Crippen molar-refractivity contribution in [2.75, 3.05) is 13.1 Å². The first-order chi connectivity index (χ1) is 5.75. The molecule has 1 aliphatic rings. The van der Waals surface area contributed by atoms with Crippen molar-refractivity contribution in [1.29, 1.82) is 0 Å². The Kier molecular flexibility index (Phi) is 6.08. The second kappa shape index (κ2) is 6.22. The minimum Gasteiger partial charge on any atom is -0.359 e. The van der Waals surface area contributed by atoms with E-state index in [1.54, 1.807) is 0 Å². The van der Waals surface area contributed by atoms with Crippen LogP contribution in [0, 0.1) is 0 Å². The average Bonchev–Trinajstić information content (AvgIpc) is 2.47. The van der Waals surface area contributed by atoms with E-state index in [1.807, 2.05) is 6.08 Å². The van der Waals surface area contributed by atoms with Crippen LogP contribution in [0.3, 0.4) is 0 Å². The Bertz CT molecular complexity index is 184. The number of halogens is 1. The van der Waals surface area contributed by atoms with Crippen LogP contribution in [0.4, 0.5) is 0 Å². The maximum Gasteiger partial charge on any atom is 0.169 e. The largest absolute Gasteiger partial charge is 0.359 e. The molecule has 1 unspecified atom stereocenters. The number of thiocarbonyl (C=S) groups is 1. The van der Waals surface area contributed by atoms with Gasteiger partial charge in [0.05, 0.1) is 0 Å². The fraction of sp³-hybridized carbons (Fsp3) is 0.667. The van der Waals surface area contributed by atoms with E-state index in [1.165, 1.54) is 12.8 Å². The Hall–Kier alpha value is -0.280. The predicted molar refractivity (Wildman–Crippen MR) is 63.4 cm³/mol. The molecule has 76 valence electrons. The number of hydrogen-bond donors (Lipinski definition) is 1. The van der Waals surface area contributed by atoms with Gasteiger partial charge in [0.25, 0.3) is 0 Å². The summed E-state index contributed by atoms with van der Waals surface area (Å²) in [5.74, 6) is 0. The lowest BCUT2D eigenvalue weighted by Crippen LogP contribution is -2.41. The molecule has 1 N–H and O–H groups in total. The van der Waals surface area contributed by atoms with Crippen molar-refractivity contribution in [3.63, 3.8) is 0 Å². The summed E-state index contributed by atoms with van der Waals surface area (Å²) < 4.78 is 0. The van der Waals surface area contributed by atoms with Crippen LogP contribution in [0.1, 0.15) is 19.8 Å². The van der Waals surface area contributed by atoms with Gasteiger partial charge in [0.15, 0.2) is 5.11 Å². The van der Waals surface area contributed by atoms with Crippen molar-refractivity contribution in [2.24, 2.45) is 0 Å². The lowest BCUT2D eigenvalue weighted by Gasteiger charge is -2.24. The fourth-order valence-electron chi connectivity index (χ4n) is 1.50. The monoisotopic (exact) mass is 220 g/mol. The van der Waals surface area contributed by atoms with E-state index in [2.05, 4.69) is 23.7 Å². The minimum atomic E-state index is 0. The van der Waals surface area contributed by atoms with Crippen LogP contribution in [-0.2, 0) is 0 Å². The van der Waals surface area contributed by atoms with E-state index >= 15 is 0 Å². The Morgan fingerprint density at radius 1 is 1.77 bits per heavy atom. The molecule has 0 aromatic rings. The standard InChI is InChI=1S/C9H16N2S.ClH/c1-3-6-10-9(12)11-7-4-5-8(11)2;/h3,8H,1,4-7H2,2H3,(H,10,12);1H. The van der Waals surface area contributed by atoms with Crippen LogP contribution < -0.4 is 5.32 Å². The first-order valence-electron chi connectivity index (χ1n) is 4.41. The molecule has 13 heavy (non-hydrogen) atoms. The summed E-state index contributed by atoms with van der Waals surface area (Å²) in [5.41, 5.74) is 0. The van der Waals surface area contributed by atoms with E-state index in [-0.39, 0.29) is 12.4 Å². The molecule has 0 spiro atoms. The van der Waals surface area contributed by atoms with Crippen molar-refractivity contribution in [1.82, 2.24) is 10.2 Å². The Balaban J connectivity index is 0.00000144. The molecule has 1 saturated heterocycles. The summed E-state index contributed by atoms with van der Waals surface area (Å²) in [6.45, 7) is 7.72. The van der Waals surface area contributed by atoms with E-state index in [0.717, 1.165) is 18.2 Å². The highest BCUT2D eigenvalue weighted by Gasteiger charge is 2.21. The molecule has 2 nitrogen and oxygen atoms in total. The first-order valence-corrected chi connectivity index (χ1v) is 4.82. The molecule has 0 aliphatic carbocycles. The van der Waals surface area contributed by atoms with E-state index in [4.69, 9.17) is 12.2 Å². The van der Waals surface area contributed by atoms with Gasteiger partial charge in [0, 0.05) is 19.1 Å². The van der Waals surface area contributed by atoms with Crippen molar-refractivity contribution in [2.45, 2.75) is 25.8 Å². The smallest absolute Gasteiger partial charge is 0.169 e. The van der Waals surface area contributed by atoms with E-state index in [0.29, 0.717) is 6.04 Å². The third kappa shape index (κ3) is 3.53. The van der Waals surface area contributed by atoms with Crippen molar-refractivity contribution in [3.05, 3.63) is 12.7 Å². The third-order valence-corrected chi connectivity index (χ3v) is 2.59. The quantitative estimate of drug-likeness (QED) is 0.566. The maximum absolute atomic E-state index is 5.22. The zero-order chi connectivity index (χ0) is 8.97. The van der Waals surface area contributed by atoms with Crippen molar-refractivity contribution in [3.8, 4) is 0 Å². The molecule has 0 saturated carbocycles. The number of nitrogens with zero attached hydrogens (tertiary/aromatic N) is 1. The highest BCUT2D eigenvalue weighted by Crippen LogP contribution is 2.15. The first kappa shape index (κ1) is 12.7. The lowest BCUT2D eigenvalue weighted by molar-refractivity contribution is 0.409. The van der Waals surface area contributed by atoms with Crippen LogP contribution in [0.15, 0.2) is 12.7 Å². The van der Waals surface area contributed by atoms with Crippen LogP contribution in [0.2, 0.25) is 0 Å². The van der Waals surface area contributed by atoms with Crippen LogP contribution in [-0.4, -0.2) is 29.1 Å². The molecule has 1 rings (SSSR count). The summed E-state index contributed by atoms with van der Waals surface area (Å²) in [6, 6.07) is 0.606. The molecule has 4 heteroatoms. The average molecular weight is 221 g/mol. The molecule has 1 heterocycles. The SMILES string of the molecule is C=CCNC(=S)N1CCCC1C.Cl. The van der Waals surface area contributed by atoms with Gasteiger partial charge in [0.2, 0.25) is 0 Å². The summed E-state index contributed by atoms with van der Waals surface area (Å²) in [5, 5.41) is 4.02. The molecule has 0 aromatic heterocycles. The Morgan fingerprint density at radius 2 is 2.46 bits per heavy atom. The summed E-state index contributed by atoms with van der Waals surface area (Å²) in [6.07, 6.45) is 4.35. The predicted octanol–water partition coefficient (Wildman–Crippen LogP) is 1.95. The van der Waals surface area contributed by atoms with Crippen LogP contribution >= 0.6 is 24.6 Å². The van der Waals surface area contributed by atoms with Gasteiger partial charge in [-0.1, -0.05) is 6.08 Å². The number of rotatable bonds is 2. The van der Waals surface area contributed by atoms with Gasteiger partial charge in [-0.15, -0.1) is 19.0 Å². The third-order valence-electron chi connectivity index (χ3n) is 2.21. The second-order valence-corrected chi connectivity index (χ2v) is 3.55. The normalized spacial score (nSPS) is 20.7. The lowest BCUT2D eigenvalue weighted by atomic mass is 10.2. The maximum atomic E-state index is 5.22. The van der Waals surface area contributed by atoms with Crippen LogP contribution in [0.25, 0.3) is 0 Å². The molecule has 1 aliphatic heterocycles. The Labute approximate surface area is 91.8 Å². The molecular weight excluding hydrogens is 204 g/mol. The molecule has 0 radical (unpaired) electrons. The van der Waals surface area contributed by atoms with Crippen molar-refractivity contribution >= 4 is 29.7 Å². The molecule has 1 fully saturated rings. The topological polar surface area (TPSA) is 15.3 Å². The van der Waals surface area contributed by atoms with Gasteiger partial charge in [-0.2, -0.15) is 0 Å². The zero-order valence-corrected chi connectivity index (χ0v) is 9.59. The fourth-order valence-corrected chi connectivity index (χ4v) is 1.85. The molecule has 0 bridgehead atoms. The van der Waals surface area contributed by atoms with E-state index < -0.39 is 0 Å². The summed E-state index contributed by atoms with van der Waals surface area (Å²) in [4.78, 5) is 2.25. The van der Waals surface area contributed by atoms with Gasteiger partial charge in [-0.05, 0) is 32.0 Å². The van der Waals surface area contributed by atoms with Gasteiger partial charge >= 0.3 is 0 Å². The summed E-state index contributed by atoms with van der Waals surface area (Å²) >= 11 is 5.22. The summed E-state index contributed by atoms with van der Waals surface area (Å²) in [7, 11) is 0. The van der Waals surface area contributed by atoms with Gasteiger partial charge in [0.1, 0.15) is 0 Å². The molecule has 0 aromatic carbocycles. The number of likely N-dealkylation sites (tertiary alicyclic amines) is 1. The number of nitrogens with one attached hydrogen (secondary N) is 1. The van der Waals surface area contributed by atoms with Gasteiger partial charge in [-0.3, -0.25) is 0 Å². The highest BCUT2D eigenvalue weighted by atomic mass is 35.5. The highest BCUT2D eigenvalue weighted by molar-refractivity contribution is 7.80. The van der Waals surface area contributed by atoms with Crippen molar-refractivity contribution < 1.29 is 0 Å². The van der Waals surface area contributed by atoms with Gasteiger partial charge in [-0.25, -0.2) is 0 Å². The second-order valence-electron chi connectivity index (χ2n) is 3.16. The van der Waals surface area contributed by atoms with Gasteiger partial charge < -0.3 is 10.2 Å². The molecule has 1 atom stereocenters. The van der Waals surface area contributed by atoms with Crippen LogP contribution in [0.5, 0.6) is 0 Å². The number of hydrogen-bond acceptors (Lipinski definition) is 1. The molecule has 0 amide bonds. The minimum absolute atomic E-state index is 0. The zero-order valence-electron chi connectivity index (χ0n) is 7.95. The van der Waals surface area contributed by atoms with E-state index in [9.17, 15) is 0 Å². The Morgan fingerprint density at radius 3 is 2.92 bits per heavy atom.